The number of hydrogen-bond donors (Lipinski definition) is 2. The minimum absolute atomic E-state index is 0.278. The highest BCUT2D eigenvalue weighted by molar-refractivity contribution is 7.92. The van der Waals surface area contributed by atoms with E-state index in [0.717, 1.165) is 29.9 Å². The van der Waals surface area contributed by atoms with E-state index in [-0.39, 0.29) is 4.90 Å². The first-order valence-corrected chi connectivity index (χ1v) is 7.85. The molecule has 0 bridgehead atoms. The van der Waals surface area contributed by atoms with Crippen LogP contribution in [0.3, 0.4) is 0 Å². The van der Waals surface area contributed by atoms with Crippen molar-refractivity contribution in [1.82, 2.24) is 4.98 Å². The summed E-state index contributed by atoms with van der Waals surface area (Å²) >= 11 is 0. The van der Waals surface area contributed by atoms with Crippen molar-refractivity contribution >= 4 is 21.4 Å². The lowest BCUT2D eigenvalue weighted by Gasteiger charge is -2.09. The molecule has 2 aromatic rings. The first-order valence-electron chi connectivity index (χ1n) is 6.37. The Balaban J connectivity index is 1.90. The molecule has 0 unspecified atom stereocenters. The number of sulfonamides is 1. The maximum Gasteiger partial charge on any atom is 0.261 e. The van der Waals surface area contributed by atoms with E-state index in [9.17, 15) is 8.42 Å². The predicted octanol–water partition coefficient (Wildman–Crippen LogP) is 2.16. The Kier molecular flexibility index (Phi) is 3.10. The molecule has 0 fully saturated rings. The van der Waals surface area contributed by atoms with Gasteiger partial charge in [0.2, 0.25) is 0 Å². The van der Waals surface area contributed by atoms with Crippen molar-refractivity contribution in [2.24, 2.45) is 0 Å². The topological polar surface area (TPSA) is 71.1 Å². The van der Waals surface area contributed by atoms with Crippen molar-refractivity contribution in [3.63, 3.8) is 0 Å². The summed E-state index contributed by atoms with van der Waals surface area (Å²) in [6.45, 7) is 2.71. The number of nitrogens with zero attached hydrogens (tertiary/aromatic N) is 1. The number of benzene rings is 1. The van der Waals surface area contributed by atoms with Gasteiger partial charge >= 0.3 is 0 Å². The molecule has 20 heavy (non-hydrogen) atoms. The zero-order chi connectivity index (χ0) is 14.2. The molecule has 0 atom stereocenters. The van der Waals surface area contributed by atoms with Gasteiger partial charge in [0.25, 0.3) is 10.0 Å². The first-order chi connectivity index (χ1) is 9.54. The third-order valence-electron chi connectivity index (χ3n) is 3.26. The van der Waals surface area contributed by atoms with Gasteiger partial charge in [0.05, 0.1) is 16.8 Å². The molecule has 1 aliphatic rings. The van der Waals surface area contributed by atoms with E-state index in [0.29, 0.717) is 5.69 Å². The van der Waals surface area contributed by atoms with Gasteiger partial charge in [-0.1, -0.05) is 0 Å². The van der Waals surface area contributed by atoms with Crippen molar-refractivity contribution in [3.8, 4) is 0 Å². The Bertz CT molecular complexity index is 740. The summed E-state index contributed by atoms with van der Waals surface area (Å²) in [4.78, 5) is 4.36. The maximum absolute atomic E-state index is 12.3. The van der Waals surface area contributed by atoms with Crippen LogP contribution in [0.2, 0.25) is 0 Å². The maximum atomic E-state index is 12.3. The minimum atomic E-state index is -3.57. The quantitative estimate of drug-likeness (QED) is 0.908. The summed E-state index contributed by atoms with van der Waals surface area (Å²) < 4.78 is 27.2. The summed E-state index contributed by atoms with van der Waals surface area (Å²) in [5.74, 6) is 0. The monoisotopic (exact) mass is 289 g/mol. The highest BCUT2D eigenvalue weighted by atomic mass is 32.2. The van der Waals surface area contributed by atoms with Gasteiger partial charge in [-0.3, -0.25) is 9.71 Å². The number of nitrogens with one attached hydrogen (secondary N) is 2. The molecule has 0 saturated carbocycles. The van der Waals surface area contributed by atoms with Crippen LogP contribution in [-0.2, 0) is 16.4 Å². The SMILES string of the molecule is Cc1ccc(NS(=O)(=O)c2ccc3c(c2)CCN3)cn1. The molecule has 0 spiro atoms. The fourth-order valence-corrected chi connectivity index (χ4v) is 3.28. The average molecular weight is 289 g/mol. The van der Waals surface area contributed by atoms with Crippen LogP contribution in [0.5, 0.6) is 0 Å². The van der Waals surface area contributed by atoms with Crippen LogP contribution in [0.1, 0.15) is 11.3 Å². The lowest BCUT2D eigenvalue weighted by atomic mass is 10.2. The lowest BCUT2D eigenvalue weighted by Crippen LogP contribution is -2.13. The van der Waals surface area contributed by atoms with Gasteiger partial charge in [-0.2, -0.15) is 0 Å². The third kappa shape index (κ3) is 2.46. The predicted molar refractivity (Wildman–Crippen MR) is 78.4 cm³/mol. The van der Waals surface area contributed by atoms with Crippen molar-refractivity contribution in [1.29, 1.82) is 0 Å². The van der Waals surface area contributed by atoms with Crippen molar-refractivity contribution in [2.45, 2.75) is 18.2 Å². The van der Waals surface area contributed by atoms with Crippen molar-refractivity contribution in [3.05, 3.63) is 47.8 Å². The summed E-state index contributed by atoms with van der Waals surface area (Å²) in [6, 6.07) is 8.62. The standard InChI is InChI=1S/C14H15N3O2S/c1-10-2-3-12(9-16-10)17-20(18,19)13-4-5-14-11(8-13)6-7-15-14/h2-5,8-9,15,17H,6-7H2,1H3. The van der Waals surface area contributed by atoms with Gasteiger partial charge in [-0.05, 0) is 49.2 Å². The molecule has 1 aromatic carbocycles. The van der Waals surface area contributed by atoms with Gasteiger partial charge in [-0.25, -0.2) is 8.42 Å². The van der Waals surface area contributed by atoms with E-state index in [1.165, 1.54) is 6.20 Å². The first kappa shape index (κ1) is 12.9. The molecule has 0 amide bonds. The number of fused-ring (bicyclic) bond motifs is 1. The number of hydrogen-bond acceptors (Lipinski definition) is 4. The minimum Gasteiger partial charge on any atom is -0.384 e. The zero-order valence-corrected chi connectivity index (χ0v) is 11.9. The number of rotatable bonds is 3. The van der Waals surface area contributed by atoms with E-state index < -0.39 is 10.0 Å². The van der Waals surface area contributed by atoms with Gasteiger partial charge in [0.1, 0.15) is 0 Å². The van der Waals surface area contributed by atoms with Gasteiger partial charge in [0, 0.05) is 17.9 Å². The Morgan fingerprint density at radius 1 is 1.25 bits per heavy atom. The Labute approximate surface area is 118 Å². The van der Waals surface area contributed by atoms with Crippen LogP contribution in [-0.4, -0.2) is 19.9 Å². The summed E-state index contributed by atoms with van der Waals surface area (Å²) in [5, 5.41) is 3.21. The molecule has 0 aliphatic carbocycles. The Hall–Kier alpha value is -2.08. The average Bonchev–Trinajstić information content (AvgIpc) is 2.88. The van der Waals surface area contributed by atoms with E-state index in [4.69, 9.17) is 0 Å². The van der Waals surface area contributed by atoms with Crippen molar-refractivity contribution in [2.75, 3.05) is 16.6 Å². The van der Waals surface area contributed by atoms with E-state index >= 15 is 0 Å². The number of anilines is 2. The lowest BCUT2D eigenvalue weighted by molar-refractivity contribution is 0.601. The highest BCUT2D eigenvalue weighted by Gasteiger charge is 2.18. The molecule has 104 valence electrons. The van der Waals surface area contributed by atoms with Gasteiger partial charge in [0.15, 0.2) is 0 Å². The molecule has 1 aliphatic heterocycles. The largest absolute Gasteiger partial charge is 0.384 e. The van der Waals surface area contributed by atoms with Crippen LogP contribution in [0.4, 0.5) is 11.4 Å². The summed E-state index contributed by atoms with van der Waals surface area (Å²) in [6.07, 6.45) is 2.37. The fraction of sp³-hybridized carbons (Fsp3) is 0.214. The fourth-order valence-electron chi connectivity index (χ4n) is 2.19. The molecule has 1 aromatic heterocycles. The highest BCUT2D eigenvalue weighted by Crippen LogP contribution is 2.26. The van der Waals surface area contributed by atoms with E-state index in [2.05, 4.69) is 15.0 Å². The molecule has 6 heteroatoms. The number of aryl methyl sites for hydroxylation is 1. The van der Waals surface area contributed by atoms with Gasteiger partial charge in [-0.15, -0.1) is 0 Å². The molecule has 5 nitrogen and oxygen atoms in total. The Morgan fingerprint density at radius 2 is 2.10 bits per heavy atom. The molecule has 2 heterocycles. The summed E-state index contributed by atoms with van der Waals surface area (Å²) in [7, 11) is -3.57. The normalized spacial score (nSPS) is 13.7. The van der Waals surface area contributed by atoms with Crippen LogP contribution in [0, 0.1) is 6.92 Å². The molecular weight excluding hydrogens is 274 g/mol. The number of pyridine rings is 1. The van der Waals surface area contributed by atoms with Gasteiger partial charge < -0.3 is 5.32 Å². The van der Waals surface area contributed by atoms with Crippen LogP contribution < -0.4 is 10.0 Å². The third-order valence-corrected chi connectivity index (χ3v) is 4.64. The second kappa shape index (κ2) is 4.79. The van der Waals surface area contributed by atoms with Crippen LogP contribution in [0.25, 0.3) is 0 Å². The second-order valence-corrected chi connectivity index (χ2v) is 6.47. The van der Waals surface area contributed by atoms with E-state index in [1.807, 2.05) is 13.0 Å². The zero-order valence-electron chi connectivity index (χ0n) is 11.1. The van der Waals surface area contributed by atoms with Crippen molar-refractivity contribution < 1.29 is 8.42 Å². The molecule has 0 saturated heterocycles. The molecule has 3 rings (SSSR count). The second-order valence-electron chi connectivity index (χ2n) is 4.79. The smallest absolute Gasteiger partial charge is 0.261 e. The molecular formula is C14H15N3O2S. The van der Waals surface area contributed by atoms with Crippen LogP contribution in [0.15, 0.2) is 41.4 Å². The molecule has 2 N–H and O–H groups in total. The summed E-state index contributed by atoms with van der Waals surface area (Å²) in [5.41, 5.74) is 3.36. The molecule has 0 radical (unpaired) electrons. The van der Waals surface area contributed by atoms with E-state index in [1.54, 1.807) is 24.3 Å². The number of aromatic nitrogens is 1. The Morgan fingerprint density at radius 3 is 2.85 bits per heavy atom. The van der Waals surface area contributed by atoms with Crippen LogP contribution >= 0.6 is 0 Å².